The Balaban J connectivity index is 1.38. The minimum atomic E-state index is -0.468. The second kappa shape index (κ2) is 12.2. The Hall–Kier alpha value is -4.02. The van der Waals surface area contributed by atoms with Crippen molar-refractivity contribution in [2.24, 2.45) is 5.10 Å². The molecule has 1 fully saturated rings. The first kappa shape index (κ1) is 26.6. The van der Waals surface area contributed by atoms with E-state index in [1.807, 2.05) is 0 Å². The van der Waals surface area contributed by atoms with Gasteiger partial charge in [-0.25, -0.2) is 9.40 Å². The molecule has 2 aliphatic rings. The van der Waals surface area contributed by atoms with Gasteiger partial charge in [0, 0.05) is 38.2 Å². The molecular formula is C29H31FN4O5. The highest BCUT2D eigenvalue weighted by Crippen LogP contribution is 2.33. The number of carbonyl (C=O) groups excluding carboxylic acids is 2. The highest BCUT2D eigenvalue weighted by Gasteiger charge is 2.36. The van der Waals surface area contributed by atoms with Crippen LogP contribution in [-0.2, 0) is 9.53 Å². The molecule has 39 heavy (non-hydrogen) atoms. The molecule has 1 unspecified atom stereocenters. The number of hydrogen-bond acceptors (Lipinski definition) is 7. The highest BCUT2D eigenvalue weighted by molar-refractivity contribution is 6.03. The first-order valence-corrected chi connectivity index (χ1v) is 12.9. The van der Waals surface area contributed by atoms with Crippen molar-refractivity contribution in [3.05, 3.63) is 89.6 Å². The van der Waals surface area contributed by atoms with Crippen molar-refractivity contribution in [3.8, 4) is 5.75 Å². The first-order chi connectivity index (χ1) is 19.0. The van der Waals surface area contributed by atoms with Crippen LogP contribution in [0.3, 0.4) is 0 Å². The fourth-order valence-electron chi connectivity index (χ4n) is 4.75. The summed E-state index contributed by atoms with van der Waals surface area (Å²) in [5, 5.41) is 6.01. The molecule has 0 saturated carbocycles. The zero-order valence-corrected chi connectivity index (χ0v) is 21.8. The number of carbonyl (C=O) groups is 2. The number of morpholine rings is 1. The van der Waals surface area contributed by atoms with Crippen LogP contribution in [-0.4, -0.2) is 85.4 Å². The van der Waals surface area contributed by atoms with Crippen molar-refractivity contribution in [2.75, 3.05) is 53.0 Å². The maximum absolute atomic E-state index is 13.7. The molecule has 0 spiro atoms. The van der Waals surface area contributed by atoms with Crippen molar-refractivity contribution >= 4 is 17.5 Å². The molecule has 1 aromatic heterocycles. The van der Waals surface area contributed by atoms with Crippen molar-refractivity contribution in [1.29, 1.82) is 0 Å². The monoisotopic (exact) mass is 534 g/mol. The fourth-order valence-corrected chi connectivity index (χ4v) is 4.75. The summed E-state index contributed by atoms with van der Waals surface area (Å²) in [4.78, 5) is 31.1. The van der Waals surface area contributed by atoms with Crippen LogP contribution in [0.2, 0.25) is 0 Å². The molecule has 0 radical (unpaired) electrons. The summed E-state index contributed by atoms with van der Waals surface area (Å²) in [5.74, 6) is 0.294. The van der Waals surface area contributed by atoms with E-state index in [9.17, 15) is 14.0 Å². The summed E-state index contributed by atoms with van der Waals surface area (Å²) in [6, 6.07) is 15.9. The predicted octanol–water partition coefficient (Wildman–Crippen LogP) is 3.58. The van der Waals surface area contributed by atoms with Gasteiger partial charge in [0.1, 0.15) is 29.9 Å². The molecule has 2 aliphatic heterocycles. The molecule has 3 heterocycles. The van der Waals surface area contributed by atoms with Gasteiger partial charge < -0.3 is 18.8 Å². The number of halogens is 1. The normalized spacial score (nSPS) is 17.6. The maximum atomic E-state index is 13.7. The van der Waals surface area contributed by atoms with Crippen molar-refractivity contribution in [3.63, 3.8) is 0 Å². The Morgan fingerprint density at radius 3 is 2.49 bits per heavy atom. The lowest BCUT2D eigenvalue weighted by atomic mass is 10.0. The van der Waals surface area contributed by atoms with Crippen molar-refractivity contribution in [1.82, 2.24) is 14.8 Å². The van der Waals surface area contributed by atoms with Gasteiger partial charge in [-0.3, -0.25) is 14.5 Å². The molecule has 0 N–H and O–H groups in total. The summed E-state index contributed by atoms with van der Waals surface area (Å²) >= 11 is 0. The quantitative estimate of drug-likeness (QED) is 0.417. The van der Waals surface area contributed by atoms with Crippen molar-refractivity contribution < 1.29 is 27.9 Å². The van der Waals surface area contributed by atoms with Gasteiger partial charge in [0.25, 0.3) is 11.8 Å². The number of nitrogens with zero attached hydrogens (tertiary/aromatic N) is 4. The number of hydrazone groups is 1. The van der Waals surface area contributed by atoms with Crippen LogP contribution in [0.15, 0.2) is 76.4 Å². The fraction of sp³-hybridized carbons (Fsp3) is 0.345. The van der Waals surface area contributed by atoms with Gasteiger partial charge in [-0.05, 0) is 54.1 Å². The smallest absolute Gasteiger partial charge is 0.262 e. The van der Waals surface area contributed by atoms with Crippen LogP contribution in [0.25, 0.3) is 0 Å². The van der Waals surface area contributed by atoms with E-state index in [2.05, 4.69) is 10.0 Å². The van der Waals surface area contributed by atoms with E-state index in [4.69, 9.17) is 13.9 Å². The molecule has 2 amide bonds. The molecule has 5 rings (SSSR count). The van der Waals surface area contributed by atoms with E-state index in [1.54, 1.807) is 66.8 Å². The molecule has 9 nitrogen and oxygen atoms in total. The lowest BCUT2D eigenvalue weighted by Gasteiger charge is -2.31. The maximum Gasteiger partial charge on any atom is 0.262 e. The third kappa shape index (κ3) is 6.35. The molecule has 1 saturated heterocycles. The number of amides is 2. The number of ether oxygens (including phenoxy) is 2. The largest absolute Gasteiger partial charge is 0.497 e. The van der Waals surface area contributed by atoms with E-state index in [0.29, 0.717) is 55.5 Å². The minimum Gasteiger partial charge on any atom is -0.497 e. The molecule has 10 heteroatoms. The lowest BCUT2D eigenvalue weighted by Crippen LogP contribution is -2.46. The molecular weight excluding hydrogens is 503 g/mol. The molecule has 0 aliphatic carbocycles. The van der Waals surface area contributed by atoms with Crippen LogP contribution in [0, 0.1) is 5.82 Å². The Labute approximate surface area is 226 Å². The van der Waals surface area contributed by atoms with E-state index < -0.39 is 6.04 Å². The highest BCUT2D eigenvalue weighted by atomic mass is 19.1. The van der Waals surface area contributed by atoms with E-state index in [1.165, 1.54) is 17.1 Å². The number of rotatable bonds is 9. The first-order valence-electron chi connectivity index (χ1n) is 12.9. The van der Waals surface area contributed by atoms with Gasteiger partial charge in [0.2, 0.25) is 0 Å². The molecule has 2 aromatic carbocycles. The zero-order chi connectivity index (χ0) is 27.2. The van der Waals surface area contributed by atoms with E-state index in [-0.39, 0.29) is 24.2 Å². The predicted molar refractivity (Wildman–Crippen MR) is 142 cm³/mol. The van der Waals surface area contributed by atoms with Crippen LogP contribution in [0.5, 0.6) is 5.75 Å². The van der Waals surface area contributed by atoms with Gasteiger partial charge in [0.05, 0.1) is 32.3 Å². The van der Waals surface area contributed by atoms with Gasteiger partial charge >= 0.3 is 0 Å². The van der Waals surface area contributed by atoms with Crippen LogP contribution in [0.1, 0.15) is 34.1 Å². The Bertz CT molecular complexity index is 1290. The number of methoxy groups -OCH3 is 1. The number of hydrogen-bond donors (Lipinski definition) is 0. The van der Waals surface area contributed by atoms with E-state index in [0.717, 1.165) is 18.7 Å². The Morgan fingerprint density at radius 2 is 1.82 bits per heavy atom. The average Bonchev–Trinajstić information content (AvgIpc) is 3.66. The summed E-state index contributed by atoms with van der Waals surface area (Å²) in [6.45, 7) is 3.66. The van der Waals surface area contributed by atoms with Crippen LogP contribution < -0.4 is 4.74 Å². The second-order valence-electron chi connectivity index (χ2n) is 9.44. The number of furan rings is 1. The second-order valence-corrected chi connectivity index (χ2v) is 9.44. The van der Waals surface area contributed by atoms with Gasteiger partial charge in [0.15, 0.2) is 0 Å². The molecule has 204 valence electrons. The standard InChI is InChI=1S/C29H31FN4O5/c1-37-24-10-6-22(7-11-24)29(36)33(13-12-32-14-17-38-18-15-32)20-28(35)34-26(27-3-2-16-39-27)19-25(31-34)21-4-8-23(30)9-5-21/h2-11,16,26H,12-15,17-20H2,1H3. The zero-order valence-electron chi connectivity index (χ0n) is 21.8. The topological polar surface area (TPSA) is 87.8 Å². The molecule has 3 aromatic rings. The third-order valence-corrected chi connectivity index (χ3v) is 6.96. The van der Waals surface area contributed by atoms with Crippen LogP contribution in [0.4, 0.5) is 4.39 Å². The van der Waals surface area contributed by atoms with Gasteiger partial charge in [-0.1, -0.05) is 12.1 Å². The lowest BCUT2D eigenvalue weighted by molar-refractivity contribution is -0.134. The third-order valence-electron chi connectivity index (χ3n) is 6.96. The molecule has 1 atom stereocenters. The van der Waals surface area contributed by atoms with Crippen LogP contribution >= 0.6 is 0 Å². The SMILES string of the molecule is COc1ccc(C(=O)N(CCN2CCOCC2)CC(=O)N2N=C(c3ccc(F)cc3)CC2c2ccco2)cc1. The summed E-state index contributed by atoms with van der Waals surface area (Å²) in [7, 11) is 1.57. The average molecular weight is 535 g/mol. The summed E-state index contributed by atoms with van der Waals surface area (Å²) < 4.78 is 29.8. The van der Waals surface area contributed by atoms with Gasteiger partial charge in [-0.15, -0.1) is 0 Å². The summed E-state index contributed by atoms with van der Waals surface area (Å²) in [6.07, 6.45) is 1.96. The molecule has 0 bridgehead atoms. The Kier molecular flexibility index (Phi) is 8.33. The number of benzene rings is 2. The van der Waals surface area contributed by atoms with Gasteiger partial charge in [-0.2, -0.15) is 5.10 Å². The summed E-state index contributed by atoms with van der Waals surface area (Å²) in [5.41, 5.74) is 1.83. The Morgan fingerprint density at radius 1 is 1.08 bits per heavy atom. The minimum absolute atomic E-state index is 0.160. The van der Waals surface area contributed by atoms with Crippen molar-refractivity contribution in [2.45, 2.75) is 12.5 Å². The van der Waals surface area contributed by atoms with E-state index >= 15 is 0 Å².